The molecule has 0 aliphatic carbocycles. The van der Waals surface area contributed by atoms with E-state index in [0.29, 0.717) is 5.56 Å². The molecule has 0 N–H and O–H groups in total. The summed E-state index contributed by atoms with van der Waals surface area (Å²) in [6.45, 7) is 0. The van der Waals surface area contributed by atoms with Crippen LogP contribution < -0.4 is 0 Å². The Kier molecular flexibility index (Phi) is 3.37. The van der Waals surface area contributed by atoms with Crippen molar-refractivity contribution in [3.05, 3.63) is 57.8 Å². The smallest absolute Gasteiger partial charge is 0.338 e. The molecule has 2 rings (SSSR count). The lowest BCUT2D eigenvalue weighted by molar-refractivity contribution is 0.0601. The predicted octanol–water partition coefficient (Wildman–Crippen LogP) is 3.13. The van der Waals surface area contributed by atoms with Crippen molar-refractivity contribution in [2.45, 2.75) is 6.42 Å². The largest absolute Gasteiger partial charge is 0.465 e. The van der Waals surface area contributed by atoms with Crippen LogP contribution in [0.2, 0.25) is 0 Å². The molecule has 0 bridgehead atoms. The molecule has 0 aliphatic rings. The highest BCUT2D eigenvalue weighted by atomic mass is 32.1. The third kappa shape index (κ3) is 2.49. The topological polar surface area (TPSA) is 26.3 Å². The van der Waals surface area contributed by atoms with Gasteiger partial charge in [0, 0.05) is 16.7 Å². The van der Waals surface area contributed by atoms with Gasteiger partial charge in [-0.2, -0.15) is 0 Å². The molecule has 0 saturated heterocycles. The fourth-order valence-electron chi connectivity index (χ4n) is 1.50. The second-order valence-electron chi connectivity index (χ2n) is 3.46. The van der Waals surface area contributed by atoms with Crippen molar-refractivity contribution in [1.82, 2.24) is 0 Å². The highest BCUT2D eigenvalue weighted by Crippen LogP contribution is 2.19. The van der Waals surface area contributed by atoms with Crippen molar-refractivity contribution >= 4 is 17.3 Å². The Morgan fingerprint density at radius 2 is 2.06 bits per heavy atom. The number of esters is 1. The van der Waals surface area contributed by atoms with Gasteiger partial charge in [0.15, 0.2) is 0 Å². The van der Waals surface area contributed by atoms with Gasteiger partial charge in [0.1, 0.15) is 0 Å². The summed E-state index contributed by atoms with van der Waals surface area (Å²) >= 11 is 1.59. The van der Waals surface area contributed by atoms with E-state index in [0.717, 1.165) is 6.42 Å². The lowest BCUT2D eigenvalue weighted by atomic mass is 10.1. The molecule has 3 heteroatoms. The SMILES string of the molecule is COC(=O)c1csc(Cc2ccccc2)c1. The number of methoxy groups -OCH3 is 1. The van der Waals surface area contributed by atoms with E-state index >= 15 is 0 Å². The van der Waals surface area contributed by atoms with Crippen molar-refractivity contribution in [3.8, 4) is 0 Å². The van der Waals surface area contributed by atoms with Gasteiger partial charge in [-0.1, -0.05) is 30.3 Å². The first-order valence-corrected chi connectivity index (χ1v) is 5.87. The molecular weight excluding hydrogens is 220 g/mol. The molecule has 2 aromatic rings. The van der Waals surface area contributed by atoms with Gasteiger partial charge >= 0.3 is 5.97 Å². The van der Waals surface area contributed by atoms with Crippen LogP contribution in [-0.4, -0.2) is 13.1 Å². The number of thiophene rings is 1. The Morgan fingerprint density at radius 3 is 2.75 bits per heavy atom. The molecule has 1 aromatic carbocycles. The Labute approximate surface area is 98.5 Å². The van der Waals surface area contributed by atoms with Crippen LogP contribution in [0.3, 0.4) is 0 Å². The summed E-state index contributed by atoms with van der Waals surface area (Å²) in [5.74, 6) is -0.268. The summed E-state index contributed by atoms with van der Waals surface area (Å²) in [5, 5.41) is 1.84. The van der Waals surface area contributed by atoms with Gasteiger partial charge in [0.25, 0.3) is 0 Å². The molecule has 0 amide bonds. The molecule has 0 atom stereocenters. The van der Waals surface area contributed by atoms with Crippen LogP contribution >= 0.6 is 11.3 Å². The number of hydrogen-bond acceptors (Lipinski definition) is 3. The minimum absolute atomic E-state index is 0.268. The van der Waals surface area contributed by atoms with Gasteiger partial charge in [-0.25, -0.2) is 4.79 Å². The summed E-state index contributed by atoms with van der Waals surface area (Å²) in [6, 6.07) is 12.1. The Morgan fingerprint density at radius 1 is 1.31 bits per heavy atom. The molecule has 0 saturated carbocycles. The van der Waals surface area contributed by atoms with Crippen molar-refractivity contribution in [2.75, 3.05) is 7.11 Å². The average Bonchev–Trinajstić information content (AvgIpc) is 2.78. The maximum absolute atomic E-state index is 11.3. The van der Waals surface area contributed by atoms with Gasteiger partial charge in [0.05, 0.1) is 12.7 Å². The van der Waals surface area contributed by atoms with Crippen molar-refractivity contribution in [3.63, 3.8) is 0 Å². The van der Waals surface area contributed by atoms with Crippen LogP contribution in [0, 0.1) is 0 Å². The van der Waals surface area contributed by atoms with Crippen LogP contribution in [0.4, 0.5) is 0 Å². The zero-order chi connectivity index (χ0) is 11.4. The Balaban J connectivity index is 2.12. The molecule has 0 spiro atoms. The van der Waals surface area contributed by atoms with Gasteiger partial charge in [-0.3, -0.25) is 0 Å². The van der Waals surface area contributed by atoms with E-state index in [2.05, 4.69) is 16.9 Å². The number of carbonyl (C=O) groups is 1. The van der Waals surface area contributed by atoms with Gasteiger partial charge in [-0.05, 0) is 11.6 Å². The minimum atomic E-state index is -0.268. The van der Waals surface area contributed by atoms with Crippen LogP contribution in [0.1, 0.15) is 20.8 Å². The first-order valence-electron chi connectivity index (χ1n) is 4.99. The molecule has 0 aliphatic heterocycles. The maximum Gasteiger partial charge on any atom is 0.338 e. The van der Waals surface area contributed by atoms with Crippen molar-refractivity contribution < 1.29 is 9.53 Å². The Hall–Kier alpha value is -1.61. The average molecular weight is 232 g/mol. The van der Waals surface area contributed by atoms with Gasteiger partial charge in [0.2, 0.25) is 0 Å². The van der Waals surface area contributed by atoms with Crippen molar-refractivity contribution in [1.29, 1.82) is 0 Å². The third-order valence-electron chi connectivity index (χ3n) is 2.30. The fourth-order valence-corrected chi connectivity index (χ4v) is 2.38. The number of rotatable bonds is 3. The van der Waals surface area contributed by atoms with E-state index < -0.39 is 0 Å². The zero-order valence-electron chi connectivity index (χ0n) is 8.97. The van der Waals surface area contributed by atoms with Crippen LogP contribution in [-0.2, 0) is 11.2 Å². The molecule has 0 fully saturated rings. The molecule has 2 nitrogen and oxygen atoms in total. The van der Waals surface area contributed by atoms with E-state index in [1.165, 1.54) is 17.6 Å². The highest BCUT2D eigenvalue weighted by Gasteiger charge is 2.08. The summed E-state index contributed by atoms with van der Waals surface area (Å²) in [6.07, 6.45) is 0.864. The van der Waals surface area contributed by atoms with Gasteiger partial charge < -0.3 is 4.74 Å². The molecule has 82 valence electrons. The second kappa shape index (κ2) is 4.94. The Bertz CT molecular complexity index is 474. The standard InChI is InChI=1S/C13H12O2S/c1-15-13(14)11-8-12(16-9-11)7-10-5-3-2-4-6-10/h2-6,8-9H,7H2,1H3. The van der Waals surface area contributed by atoms with E-state index in [-0.39, 0.29) is 5.97 Å². The maximum atomic E-state index is 11.3. The number of benzene rings is 1. The van der Waals surface area contributed by atoms with Gasteiger partial charge in [-0.15, -0.1) is 11.3 Å². The van der Waals surface area contributed by atoms with Crippen LogP contribution in [0.15, 0.2) is 41.8 Å². The van der Waals surface area contributed by atoms with E-state index in [9.17, 15) is 4.79 Å². The first kappa shape index (κ1) is 10.9. The molecule has 16 heavy (non-hydrogen) atoms. The molecule has 1 heterocycles. The molecule has 0 radical (unpaired) electrons. The number of carbonyl (C=O) groups excluding carboxylic acids is 1. The second-order valence-corrected chi connectivity index (χ2v) is 4.45. The first-order chi connectivity index (χ1) is 7.79. The molecule has 0 unspecified atom stereocenters. The van der Waals surface area contributed by atoms with E-state index in [1.54, 1.807) is 11.3 Å². The van der Waals surface area contributed by atoms with E-state index in [4.69, 9.17) is 0 Å². The summed E-state index contributed by atoms with van der Waals surface area (Å²) < 4.78 is 4.67. The van der Waals surface area contributed by atoms with Crippen LogP contribution in [0.25, 0.3) is 0 Å². The molecular formula is C13H12O2S. The van der Waals surface area contributed by atoms with Crippen molar-refractivity contribution in [2.24, 2.45) is 0 Å². The quantitative estimate of drug-likeness (QED) is 0.760. The number of hydrogen-bond donors (Lipinski definition) is 0. The predicted molar refractivity (Wildman–Crippen MR) is 64.9 cm³/mol. The lowest BCUT2D eigenvalue weighted by Gasteiger charge is -1.97. The summed E-state index contributed by atoms with van der Waals surface area (Å²) in [4.78, 5) is 12.4. The number of ether oxygens (including phenoxy) is 1. The highest BCUT2D eigenvalue weighted by molar-refractivity contribution is 7.10. The monoisotopic (exact) mass is 232 g/mol. The van der Waals surface area contributed by atoms with E-state index in [1.807, 2.05) is 29.6 Å². The third-order valence-corrected chi connectivity index (χ3v) is 3.23. The zero-order valence-corrected chi connectivity index (χ0v) is 9.79. The van der Waals surface area contributed by atoms with Crippen LogP contribution in [0.5, 0.6) is 0 Å². The normalized spacial score (nSPS) is 10.1. The summed E-state index contributed by atoms with van der Waals surface area (Å²) in [5.41, 5.74) is 1.89. The molecule has 1 aromatic heterocycles. The fraction of sp³-hybridized carbons (Fsp3) is 0.154. The lowest BCUT2D eigenvalue weighted by Crippen LogP contribution is -1.98. The summed E-state index contributed by atoms with van der Waals surface area (Å²) in [7, 11) is 1.40. The minimum Gasteiger partial charge on any atom is -0.465 e.